The highest BCUT2D eigenvalue weighted by molar-refractivity contribution is 8.13. The van der Waals surface area contributed by atoms with Crippen LogP contribution in [-0.4, -0.2) is 16.3 Å². The van der Waals surface area contributed by atoms with E-state index in [2.05, 4.69) is 16.0 Å². The number of thioether (sulfide) groups is 1. The van der Waals surface area contributed by atoms with E-state index in [0.717, 1.165) is 21.3 Å². The summed E-state index contributed by atoms with van der Waals surface area (Å²) >= 11 is 3.38. The fourth-order valence-electron chi connectivity index (χ4n) is 1.33. The molecule has 0 saturated carbocycles. The second-order valence-corrected chi connectivity index (χ2v) is 5.45. The Morgan fingerprint density at radius 2 is 2.27 bits per heavy atom. The summed E-state index contributed by atoms with van der Waals surface area (Å²) in [6.07, 6.45) is 2.04. The average Bonchev–Trinajstić information content (AvgIpc) is 2.57. The summed E-state index contributed by atoms with van der Waals surface area (Å²) in [4.78, 5) is 8.91. The first-order valence-corrected chi connectivity index (χ1v) is 6.69. The molecule has 1 aromatic carbocycles. The highest BCUT2D eigenvalue weighted by Crippen LogP contribution is 2.26. The van der Waals surface area contributed by atoms with Gasteiger partial charge in [-0.3, -0.25) is 0 Å². The summed E-state index contributed by atoms with van der Waals surface area (Å²) in [7, 11) is 0. The number of aromatic nitrogens is 1. The summed E-state index contributed by atoms with van der Waals surface area (Å²) in [6.45, 7) is 4.05. The fraction of sp³-hybridized carbons (Fsp3) is 0.273. The van der Waals surface area contributed by atoms with E-state index in [-0.39, 0.29) is 0 Å². The number of nitrogens with zero attached hydrogens (tertiary/aromatic N) is 2. The minimum Gasteiger partial charge on any atom is -0.247 e. The molecule has 1 heterocycles. The molecule has 2 rings (SSSR count). The van der Waals surface area contributed by atoms with Crippen molar-refractivity contribution in [2.24, 2.45) is 4.99 Å². The smallest absolute Gasteiger partial charge is 0.0907 e. The lowest BCUT2D eigenvalue weighted by Gasteiger charge is -1.96. The van der Waals surface area contributed by atoms with E-state index in [1.54, 1.807) is 23.1 Å². The third kappa shape index (κ3) is 2.38. The van der Waals surface area contributed by atoms with Crippen molar-refractivity contribution in [1.82, 2.24) is 4.98 Å². The summed E-state index contributed by atoms with van der Waals surface area (Å²) < 4.78 is 1.21. The van der Waals surface area contributed by atoms with Crippen molar-refractivity contribution in [3.63, 3.8) is 0 Å². The van der Waals surface area contributed by atoms with Crippen molar-refractivity contribution in [3.8, 4) is 0 Å². The standard InChI is InChI=1S/C11H12N2S2/c1-7(14-3)12-9-4-5-10-11(6-9)15-8(2)13-10/h4-6H,1-3H3. The molecule has 0 atom stereocenters. The number of aryl methyl sites for hydroxylation is 1. The van der Waals surface area contributed by atoms with Crippen LogP contribution in [0, 0.1) is 6.92 Å². The molecule has 0 aliphatic heterocycles. The van der Waals surface area contributed by atoms with Crippen LogP contribution in [-0.2, 0) is 0 Å². The largest absolute Gasteiger partial charge is 0.247 e. The lowest BCUT2D eigenvalue weighted by molar-refractivity contribution is 1.35. The third-order valence-corrected chi connectivity index (χ3v) is 3.68. The highest BCUT2D eigenvalue weighted by Gasteiger charge is 2.00. The minimum absolute atomic E-state index is 1.01. The van der Waals surface area contributed by atoms with Gasteiger partial charge in [-0.1, -0.05) is 0 Å². The van der Waals surface area contributed by atoms with Gasteiger partial charge in [-0.15, -0.1) is 23.1 Å². The molecule has 0 spiro atoms. The second-order valence-electron chi connectivity index (χ2n) is 3.22. The van der Waals surface area contributed by atoms with Crippen molar-refractivity contribution in [2.45, 2.75) is 13.8 Å². The van der Waals surface area contributed by atoms with Crippen LogP contribution in [0.5, 0.6) is 0 Å². The van der Waals surface area contributed by atoms with Gasteiger partial charge in [0.2, 0.25) is 0 Å². The molecule has 1 aromatic heterocycles. The lowest BCUT2D eigenvalue weighted by Crippen LogP contribution is -1.79. The Balaban J connectivity index is 2.46. The zero-order valence-corrected chi connectivity index (χ0v) is 10.6. The molecule has 15 heavy (non-hydrogen) atoms. The highest BCUT2D eigenvalue weighted by atomic mass is 32.2. The summed E-state index contributed by atoms with van der Waals surface area (Å²) in [5.41, 5.74) is 2.08. The summed E-state index contributed by atoms with van der Waals surface area (Å²) in [5.74, 6) is 0. The van der Waals surface area contributed by atoms with Crippen molar-refractivity contribution >= 4 is 44.0 Å². The van der Waals surface area contributed by atoms with Gasteiger partial charge in [-0.25, -0.2) is 9.98 Å². The molecule has 2 nitrogen and oxygen atoms in total. The Morgan fingerprint density at radius 1 is 1.47 bits per heavy atom. The van der Waals surface area contributed by atoms with Gasteiger partial charge in [0.05, 0.1) is 26.0 Å². The van der Waals surface area contributed by atoms with Crippen molar-refractivity contribution < 1.29 is 0 Å². The van der Waals surface area contributed by atoms with Crippen LogP contribution in [0.25, 0.3) is 10.2 Å². The monoisotopic (exact) mass is 236 g/mol. The Hall–Kier alpha value is -0.870. The first-order valence-electron chi connectivity index (χ1n) is 4.65. The van der Waals surface area contributed by atoms with Gasteiger partial charge < -0.3 is 0 Å². The summed E-state index contributed by atoms with van der Waals surface area (Å²) in [6, 6.07) is 6.15. The molecule has 78 valence electrons. The molecule has 0 aliphatic carbocycles. The second kappa shape index (κ2) is 4.33. The maximum Gasteiger partial charge on any atom is 0.0907 e. The third-order valence-electron chi connectivity index (χ3n) is 2.06. The van der Waals surface area contributed by atoms with Crippen LogP contribution in [0.3, 0.4) is 0 Å². The molecule has 2 aromatic rings. The first-order chi connectivity index (χ1) is 7.19. The minimum atomic E-state index is 1.01. The Kier molecular flexibility index (Phi) is 3.07. The Morgan fingerprint density at radius 3 is 3.00 bits per heavy atom. The predicted molar refractivity (Wildman–Crippen MR) is 70.6 cm³/mol. The molecule has 0 N–H and O–H groups in total. The van der Waals surface area contributed by atoms with Gasteiger partial charge in [0, 0.05) is 0 Å². The molecular formula is C11H12N2S2. The lowest BCUT2D eigenvalue weighted by atomic mass is 10.3. The van der Waals surface area contributed by atoms with Gasteiger partial charge >= 0.3 is 0 Å². The molecule has 0 radical (unpaired) electrons. The van der Waals surface area contributed by atoms with Crippen LogP contribution in [0.15, 0.2) is 23.2 Å². The molecule has 4 heteroatoms. The van der Waals surface area contributed by atoms with Gasteiger partial charge in [0.1, 0.15) is 0 Å². The molecule has 0 unspecified atom stereocenters. The van der Waals surface area contributed by atoms with E-state index in [1.807, 2.05) is 32.2 Å². The van der Waals surface area contributed by atoms with Gasteiger partial charge in [-0.05, 0) is 38.3 Å². The molecule has 0 amide bonds. The van der Waals surface area contributed by atoms with E-state index in [9.17, 15) is 0 Å². The fourth-order valence-corrected chi connectivity index (χ4v) is 2.38. The van der Waals surface area contributed by atoms with Crippen LogP contribution >= 0.6 is 23.1 Å². The average molecular weight is 236 g/mol. The maximum absolute atomic E-state index is 4.50. The van der Waals surface area contributed by atoms with Crippen LogP contribution < -0.4 is 0 Å². The molecule has 0 saturated heterocycles. The van der Waals surface area contributed by atoms with Crippen LogP contribution in [0.1, 0.15) is 11.9 Å². The Labute approximate surface area is 97.5 Å². The normalized spacial score (nSPS) is 12.3. The van der Waals surface area contributed by atoms with Crippen molar-refractivity contribution in [1.29, 1.82) is 0 Å². The van der Waals surface area contributed by atoms with Crippen LogP contribution in [0.2, 0.25) is 0 Å². The zero-order chi connectivity index (χ0) is 10.8. The van der Waals surface area contributed by atoms with E-state index in [4.69, 9.17) is 0 Å². The number of hydrogen-bond donors (Lipinski definition) is 0. The zero-order valence-electron chi connectivity index (χ0n) is 8.94. The number of benzene rings is 1. The number of rotatable bonds is 1. The van der Waals surface area contributed by atoms with E-state index in [1.165, 1.54) is 4.70 Å². The number of aliphatic imine (C=N–C) groups is 1. The maximum atomic E-state index is 4.50. The number of fused-ring (bicyclic) bond motifs is 1. The predicted octanol–water partition coefficient (Wildman–Crippen LogP) is 4.02. The quantitative estimate of drug-likeness (QED) is 0.552. The van der Waals surface area contributed by atoms with Crippen molar-refractivity contribution in [2.75, 3.05) is 6.26 Å². The first kappa shape index (κ1) is 10.6. The number of hydrogen-bond acceptors (Lipinski definition) is 4. The van der Waals surface area contributed by atoms with Crippen LogP contribution in [0.4, 0.5) is 5.69 Å². The van der Waals surface area contributed by atoms with E-state index < -0.39 is 0 Å². The SMILES string of the molecule is CSC(C)=Nc1ccc2nc(C)sc2c1. The van der Waals surface area contributed by atoms with Crippen molar-refractivity contribution in [3.05, 3.63) is 23.2 Å². The Bertz CT molecular complexity index is 514. The van der Waals surface area contributed by atoms with E-state index in [0.29, 0.717) is 0 Å². The topological polar surface area (TPSA) is 25.2 Å². The van der Waals surface area contributed by atoms with E-state index >= 15 is 0 Å². The molecular weight excluding hydrogens is 224 g/mol. The molecule has 0 fully saturated rings. The van der Waals surface area contributed by atoms with Gasteiger partial charge in [0.25, 0.3) is 0 Å². The number of thiazole rings is 1. The van der Waals surface area contributed by atoms with Gasteiger partial charge in [-0.2, -0.15) is 0 Å². The van der Waals surface area contributed by atoms with Gasteiger partial charge in [0.15, 0.2) is 0 Å². The molecule has 0 bridgehead atoms. The summed E-state index contributed by atoms with van der Waals surface area (Å²) in [5, 5.41) is 2.18. The molecule has 0 aliphatic rings.